The molecule has 134 valence electrons. The number of nitrogens with one attached hydrogen (secondary N) is 1. The zero-order valence-corrected chi connectivity index (χ0v) is 15.1. The Morgan fingerprint density at radius 3 is 2.50 bits per heavy atom. The molecule has 2 aromatic carbocycles. The van der Waals surface area contributed by atoms with Gasteiger partial charge in [-0.15, -0.1) is 0 Å². The number of aliphatic hydroxyl groups excluding tert-OH is 1. The fourth-order valence-corrected chi connectivity index (χ4v) is 2.74. The highest BCUT2D eigenvalue weighted by atomic mass is 35.5. The first-order valence-corrected chi connectivity index (χ1v) is 8.83. The van der Waals surface area contributed by atoms with E-state index in [-0.39, 0.29) is 18.6 Å². The van der Waals surface area contributed by atoms with Crippen molar-refractivity contribution >= 4 is 17.5 Å². The lowest BCUT2D eigenvalue weighted by Crippen LogP contribution is -2.37. The summed E-state index contributed by atoms with van der Waals surface area (Å²) in [4.78, 5) is 12.8. The van der Waals surface area contributed by atoms with E-state index in [2.05, 4.69) is 10.4 Å². The fourth-order valence-electron chi connectivity index (χ4n) is 2.61. The van der Waals surface area contributed by atoms with Gasteiger partial charge in [0.15, 0.2) is 0 Å². The molecule has 1 atom stereocenters. The Labute approximate surface area is 157 Å². The van der Waals surface area contributed by atoms with Crippen LogP contribution >= 0.6 is 11.6 Å². The summed E-state index contributed by atoms with van der Waals surface area (Å²) in [5.41, 5.74) is 2.67. The second kappa shape index (κ2) is 8.17. The molecule has 2 N–H and O–H groups in total. The first-order chi connectivity index (χ1) is 12.6. The van der Waals surface area contributed by atoms with Gasteiger partial charge >= 0.3 is 0 Å². The molecule has 1 heterocycles. The first kappa shape index (κ1) is 18.2. The molecule has 1 unspecified atom stereocenters. The summed E-state index contributed by atoms with van der Waals surface area (Å²) in [5, 5.41) is 17.5. The number of carbonyl (C=O) groups is 1. The summed E-state index contributed by atoms with van der Waals surface area (Å²) in [6.07, 6.45) is 2.35. The predicted octanol–water partition coefficient (Wildman–Crippen LogP) is 3.69. The van der Waals surface area contributed by atoms with Crippen molar-refractivity contribution in [3.8, 4) is 16.9 Å². The molecule has 1 amide bonds. The molecule has 0 radical (unpaired) electrons. The van der Waals surface area contributed by atoms with Gasteiger partial charge in [0.05, 0.1) is 23.9 Å². The highest BCUT2D eigenvalue weighted by Gasteiger charge is 2.20. The van der Waals surface area contributed by atoms with Crippen LogP contribution in [-0.4, -0.2) is 33.4 Å². The molecule has 0 saturated heterocycles. The summed E-state index contributed by atoms with van der Waals surface area (Å²) >= 11 is 5.98. The highest BCUT2D eigenvalue weighted by Crippen LogP contribution is 2.25. The number of benzene rings is 2. The van der Waals surface area contributed by atoms with Crippen molar-refractivity contribution in [2.24, 2.45) is 0 Å². The zero-order valence-electron chi connectivity index (χ0n) is 14.4. The van der Waals surface area contributed by atoms with E-state index in [1.54, 1.807) is 23.0 Å². The summed E-state index contributed by atoms with van der Waals surface area (Å²) in [6.45, 7) is 1.81. The third-order valence-corrected chi connectivity index (χ3v) is 4.40. The standard InChI is InChI=1S/C20H20ClN3O2/c1-2-16(13-25)22-20(26)18-12-24(17-6-4-3-5-7-17)23-19(18)14-8-10-15(21)11-9-14/h3-12,16,25H,2,13H2,1H3,(H,22,26). The van der Waals surface area contributed by atoms with Crippen molar-refractivity contribution < 1.29 is 9.90 Å². The lowest BCUT2D eigenvalue weighted by Gasteiger charge is -2.13. The van der Waals surface area contributed by atoms with Gasteiger partial charge in [-0.2, -0.15) is 5.10 Å². The Balaban J connectivity index is 2.04. The van der Waals surface area contributed by atoms with Crippen LogP contribution in [0.15, 0.2) is 60.8 Å². The van der Waals surface area contributed by atoms with E-state index >= 15 is 0 Å². The molecular weight excluding hydrogens is 350 g/mol. The van der Waals surface area contributed by atoms with Gasteiger partial charge in [-0.3, -0.25) is 4.79 Å². The third-order valence-electron chi connectivity index (χ3n) is 4.15. The predicted molar refractivity (Wildman–Crippen MR) is 103 cm³/mol. The van der Waals surface area contributed by atoms with Crippen molar-refractivity contribution in [2.75, 3.05) is 6.61 Å². The second-order valence-corrected chi connectivity index (χ2v) is 6.38. The average molecular weight is 370 g/mol. The van der Waals surface area contributed by atoms with Gasteiger partial charge in [0.25, 0.3) is 5.91 Å². The van der Waals surface area contributed by atoms with Crippen molar-refractivity contribution in [2.45, 2.75) is 19.4 Å². The highest BCUT2D eigenvalue weighted by molar-refractivity contribution is 6.30. The van der Waals surface area contributed by atoms with E-state index in [0.717, 1.165) is 11.3 Å². The van der Waals surface area contributed by atoms with E-state index in [1.807, 2.05) is 49.4 Å². The third kappa shape index (κ3) is 3.95. The van der Waals surface area contributed by atoms with Gasteiger partial charge in [-0.25, -0.2) is 4.68 Å². The van der Waals surface area contributed by atoms with E-state index in [4.69, 9.17) is 11.6 Å². The number of aliphatic hydroxyl groups is 1. The molecule has 26 heavy (non-hydrogen) atoms. The molecule has 6 heteroatoms. The number of amides is 1. The Hall–Kier alpha value is -2.63. The fraction of sp³-hybridized carbons (Fsp3) is 0.200. The van der Waals surface area contributed by atoms with Crippen molar-refractivity contribution in [1.29, 1.82) is 0 Å². The largest absolute Gasteiger partial charge is 0.394 e. The summed E-state index contributed by atoms with van der Waals surface area (Å²) in [7, 11) is 0. The lowest BCUT2D eigenvalue weighted by atomic mass is 10.1. The van der Waals surface area contributed by atoms with Crippen LogP contribution in [0.5, 0.6) is 0 Å². The van der Waals surface area contributed by atoms with Gasteiger partial charge in [0, 0.05) is 16.8 Å². The van der Waals surface area contributed by atoms with Crippen LogP contribution in [0, 0.1) is 0 Å². The maximum absolute atomic E-state index is 12.8. The number of aromatic nitrogens is 2. The van der Waals surface area contributed by atoms with E-state index in [9.17, 15) is 9.90 Å². The smallest absolute Gasteiger partial charge is 0.255 e. The minimum Gasteiger partial charge on any atom is -0.394 e. The van der Waals surface area contributed by atoms with Gasteiger partial charge < -0.3 is 10.4 Å². The number of nitrogens with zero attached hydrogens (tertiary/aromatic N) is 2. The monoisotopic (exact) mass is 369 g/mol. The van der Waals surface area contributed by atoms with E-state index in [1.165, 1.54) is 0 Å². The van der Waals surface area contributed by atoms with Crippen molar-refractivity contribution in [3.63, 3.8) is 0 Å². The second-order valence-electron chi connectivity index (χ2n) is 5.94. The summed E-state index contributed by atoms with van der Waals surface area (Å²) in [6, 6.07) is 16.5. The Morgan fingerprint density at radius 2 is 1.88 bits per heavy atom. The molecule has 3 rings (SSSR count). The summed E-state index contributed by atoms with van der Waals surface area (Å²) in [5.74, 6) is -0.266. The van der Waals surface area contributed by atoms with Crippen LogP contribution in [0.4, 0.5) is 0 Å². The SMILES string of the molecule is CCC(CO)NC(=O)c1cn(-c2ccccc2)nc1-c1ccc(Cl)cc1. The van der Waals surface area contributed by atoms with Gasteiger partial charge in [-0.1, -0.05) is 48.9 Å². The molecule has 0 spiro atoms. The molecule has 0 aliphatic heterocycles. The number of halogens is 1. The van der Waals surface area contributed by atoms with E-state index in [0.29, 0.717) is 22.7 Å². The molecule has 0 aliphatic rings. The maximum atomic E-state index is 12.8. The minimum atomic E-state index is -0.291. The molecule has 5 nitrogen and oxygen atoms in total. The molecule has 0 saturated carbocycles. The van der Waals surface area contributed by atoms with Crippen LogP contribution in [0.25, 0.3) is 16.9 Å². The normalized spacial score (nSPS) is 12.0. The number of rotatable bonds is 6. The number of carbonyl (C=O) groups excluding carboxylic acids is 1. The average Bonchev–Trinajstić information content (AvgIpc) is 3.13. The number of hydrogen-bond donors (Lipinski definition) is 2. The Kier molecular flexibility index (Phi) is 5.71. The molecule has 0 aliphatic carbocycles. The Bertz CT molecular complexity index is 872. The van der Waals surface area contributed by atoms with Gasteiger partial charge in [0.1, 0.15) is 5.69 Å². The quantitative estimate of drug-likeness (QED) is 0.696. The number of para-hydroxylation sites is 1. The summed E-state index contributed by atoms with van der Waals surface area (Å²) < 4.78 is 1.68. The topological polar surface area (TPSA) is 67.2 Å². The van der Waals surface area contributed by atoms with Crippen LogP contribution in [0.2, 0.25) is 5.02 Å². The molecule has 3 aromatic rings. The maximum Gasteiger partial charge on any atom is 0.255 e. The van der Waals surface area contributed by atoms with Crippen LogP contribution in [0.3, 0.4) is 0 Å². The number of hydrogen-bond acceptors (Lipinski definition) is 3. The molecular formula is C20H20ClN3O2. The molecule has 0 bridgehead atoms. The molecule has 1 aromatic heterocycles. The first-order valence-electron chi connectivity index (χ1n) is 8.45. The lowest BCUT2D eigenvalue weighted by molar-refractivity contribution is 0.0915. The Morgan fingerprint density at radius 1 is 1.19 bits per heavy atom. The minimum absolute atomic E-state index is 0.106. The van der Waals surface area contributed by atoms with Gasteiger partial charge in [-0.05, 0) is 30.7 Å². The van der Waals surface area contributed by atoms with Crippen molar-refractivity contribution in [3.05, 3.63) is 71.4 Å². The van der Waals surface area contributed by atoms with E-state index < -0.39 is 0 Å². The molecule has 0 fully saturated rings. The van der Waals surface area contributed by atoms with Crippen molar-refractivity contribution in [1.82, 2.24) is 15.1 Å². The van der Waals surface area contributed by atoms with Gasteiger partial charge in [0.2, 0.25) is 0 Å². The van der Waals surface area contributed by atoms with Crippen LogP contribution in [-0.2, 0) is 0 Å². The zero-order chi connectivity index (χ0) is 18.5. The van der Waals surface area contributed by atoms with Crippen LogP contribution in [0.1, 0.15) is 23.7 Å². The van der Waals surface area contributed by atoms with Crippen LogP contribution < -0.4 is 5.32 Å².